The number of aliphatic imine (C=N–C) groups is 1. The first kappa shape index (κ1) is 15.8. The molecule has 0 fully saturated rings. The second-order valence-electron chi connectivity index (χ2n) is 5.13. The van der Waals surface area contributed by atoms with Crippen molar-refractivity contribution < 1.29 is 4.42 Å². The number of hydrogen-bond acceptors (Lipinski definition) is 4. The molecule has 4 nitrogen and oxygen atoms in total. The van der Waals surface area contributed by atoms with Gasteiger partial charge >= 0.3 is 0 Å². The molecule has 0 atom stereocenters. The van der Waals surface area contributed by atoms with E-state index in [1.807, 2.05) is 24.2 Å². The summed E-state index contributed by atoms with van der Waals surface area (Å²) in [6, 6.07) is 0. The summed E-state index contributed by atoms with van der Waals surface area (Å²) in [6.07, 6.45) is 10.3. The van der Waals surface area contributed by atoms with Crippen LogP contribution in [0.2, 0.25) is 0 Å². The van der Waals surface area contributed by atoms with Crippen LogP contribution in [-0.4, -0.2) is 23.6 Å². The molecule has 1 aliphatic heterocycles. The maximum Gasteiger partial charge on any atom is 0.181 e. The van der Waals surface area contributed by atoms with Gasteiger partial charge in [0.05, 0.1) is 0 Å². The highest BCUT2D eigenvalue weighted by molar-refractivity contribution is 5.62. The predicted molar refractivity (Wildman–Crippen MR) is 91.3 cm³/mol. The van der Waals surface area contributed by atoms with Crippen LogP contribution in [0.5, 0.6) is 0 Å². The van der Waals surface area contributed by atoms with Gasteiger partial charge in [0.15, 0.2) is 6.39 Å². The largest absolute Gasteiger partial charge is 0.448 e. The second-order valence-corrected chi connectivity index (χ2v) is 5.13. The first-order valence-corrected chi connectivity index (χ1v) is 7.12. The van der Waals surface area contributed by atoms with Crippen LogP contribution in [0.25, 0.3) is 5.57 Å². The van der Waals surface area contributed by atoms with E-state index >= 15 is 0 Å². The van der Waals surface area contributed by atoms with E-state index in [4.69, 9.17) is 4.42 Å². The number of oxazole rings is 1. The summed E-state index contributed by atoms with van der Waals surface area (Å²) < 4.78 is 5.15. The summed E-state index contributed by atoms with van der Waals surface area (Å²) in [5, 5.41) is 0. The molecule has 1 aromatic rings. The molecule has 0 saturated carbocycles. The van der Waals surface area contributed by atoms with Gasteiger partial charge in [-0.25, -0.2) is 9.98 Å². The highest BCUT2D eigenvalue weighted by Crippen LogP contribution is 2.27. The average molecular weight is 295 g/mol. The molecule has 22 heavy (non-hydrogen) atoms. The van der Waals surface area contributed by atoms with Gasteiger partial charge in [-0.2, -0.15) is 0 Å². The molecule has 0 bridgehead atoms. The Morgan fingerprint density at radius 1 is 1.36 bits per heavy atom. The standard InChI is InChI=1S/C10H12N2.C8H9NO/c1-5-9-8(2)6-7-12(4)10(9)11-3;1-6-3-2-4-7-8(6)9-5-10-7/h5-7H,1-3H2,4H3;5H,1-4H2. The Hall–Kier alpha value is -2.62. The summed E-state index contributed by atoms with van der Waals surface area (Å²) in [6.45, 7) is 15.0. The molecule has 3 rings (SSSR count). The molecular formula is C18H21N3O. The number of allylic oxidation sites excluding steroid dienone is 5. The van der Waals surface area contributed by atoms with Crippen LogP contribution in [0.4, 0.5) is 0 Å². The van der Waals surface area contributed by atoms with Crippen molar-refractivity contribution in [2.45, 2.75) is 19.3 Å². The van der Waals surface area contributed by atoms with E-state index in [1.165, 1.54) is 6.39 Å². The smallest absolute Gasteiger partial charge is 0.181 e. The van der Waals surface area contributed by atoms with Gasteiger partial charge in [0, 0.05) is 25.2 Å². The van der Waals surface area contributed by atoms with E-state index in [2.05, 4.69) is 36.4 Å². The quantitative estimate of drug-likeness (QED) is 0.771. The number of rotatable bonds is 2. The number of hydrogen-bond donors (Lipinski definition) is 0. The van der Waals surface area contributed by atoms with Crippen molar-refractivity contribution in [1.82, 2.24) is 9.88 Å². The third-order valence-corrected chi connectivity index (χ3v) is 3.63. The normalized spacial score (nSPS) is 16.9. The van der Waals surface area contributed by atoms with E-state index < -0.39 is 0 Å². The van der Waals surface area contributed by atoms with E-state index in [0.29, 0.717) is 0 Å². The van der Waals surface area contributed by atoms with E-state index in [1.54, 1.807) is 6.08 Å². The van der Waals surface area contributed by atoms with Gasteiger partial charge in [-0.3, -0.25) is 0 Å². The molecule has 1 aromatic heterocycles. The van der Waals surface area contributed by atoms with Crippen LogP contribution < -0.4 is 0 Å². The third-order valence-electron chi connectivity index (χ3n) is 3.63. The molecule has 4 heteroatoms. The lowest BCUT2D eigenvalue weighted by Gasteiger charge is -2.21. The van der Waals surface area contributed by atoms with Crippen LogP contribution in [0.1, 0.15) is 24.3 Å². The first-order valence-electron chi connectivity index (χ1n) is 7.12. The molecule has 2 aliphatic rings. The van der Waals surface area contributed by atoms with Crippen LogP contribution in [0.15, 0.2) is 70.9 Å². The zero-order valence-corrected chi connectivity index (χ0v) is 13.0. The van der Waals surface area contributed by atoms with Crippen LogP contribution in [-0.2, 0) is 6.42 Å². The van der Waals surface area contributed by atoms with Crippen molar-refractivity contribution in [1.29, 1.82) is 0 Å². The molecule has 0 spiro atoms. The van der Waals surface area contributed by atoms with Crippen LogP contribution in [0, 0.1) is 0 Å². The van der Waals surface area contributed by atoms with Gasteiger partial charge in [0.25, 0.3) is 0 Å². The zero-order chi connectivity index (χ0) is 16.1. The molecule has 0 saturated heterocycles. The molecule has 1 aliphatic carbocycles. The highest BCUT2D eigenvalue weighted by Gasteiger charge is 2.15. The predicted octanol–water partition coefficient (Wildman–Crippen LogP) is 4.12. The van der Waals surface area contributed by atoms with Crippen LogP contribution >= 0.6 is 0 Å². The van der Waals surface area contributed by atoms with E-state index in [0.717, 1.165) is 53.3 Å². The Bertz CT molecular complexity index is 676. The molecule has 0 amide bonds. The van der Waals surface area contributed by atoms with Crippen molar-refractivity contribution >= 4 is 12.3 Å². The van der Waals surface area contributed by atoms with Gasteiger partial charge in [-0.15, -0.1) is 0 Å². The van der Waals surface area contributed by atoms with Gasteiger partial charge in [0.1, 0.15) is 17.3 Å². The van der Waals surface area contributed by atoms with Gasteiger partial charge in [-0.05, 0) is 36.8 Å². The second kappa shape index (κ2) is 6.89. The molecule has 114 valence electrons. The Morgan fingerprint density at radius 3 is 2.73 bits per heavy atom. The number of aryl methyl sites for hydroxylation is 1. The lowest BCUT2D eigenvalue weighted by Crippen LogP contribution is -2.14. The average Bonchev–Trinajstić information content (AvgIpc) is 3.00. The molecule has 2 heterocycles. The zero-order valence-electron chi connectivity index (χ0n) is 13.0. The fraction of sp³-hybridized carbons (Fsp3) is 0.222. The monoisotopic (exact) mass is 295 g/mol. The maximum absolute atomic E-state index is 5.15. The minimum Gasteiger partial charge on any atom is -0.448 e. The van der Waals surface area contributed by atoms with Gasteiger partial charge < -0.3 is 9.32 Å². The first-order chi connectivity index (χ1) is 10.6. The molecular weight excluding hydrogens is 274 g/mol. The topological polar surface area (TPSA) is 41.6 Å². The van der Waals surface area contributed by atoms with Crippen LogP contribution in [0.3, 0.4) is 0 Å². The summed E-state index contributed by atoms with van der Waals surface area (Å²) in [4.78, 5) is 9.86. The maximum atomic E-state index is 5.15. The summed E-state index contributed by atoms with van der Waals surface area (Å²) >= 11 is 0. The van der Waals surface area contributed by atoms with E-state index in [9.17, 15) is 0 Å². The number of aromatic nitrogens is 1. The fourth-order valence-electron chi connectivity index (χ4n) is 2.43. The Balaban J connectivity index is 0.000000162. The van der Waals surface area contributed by atoms with Crippen molar-refractivity contribution in [2.24, 2.45) is 4.99 Å². The highest BCUT2D eigenvalue weighted by atomic mass is 16.3. The Morgan fingerprint density at radius 2 is 2.14 bits per heavy atom. The van der Waals surface area contributed by atoms with Crippen molar-refractivity contribution in [3.8, 4) is 0 Å². The Labute approximate surface area is 131 Å². The molecule has 0 unspecified atom stereocenters. The molecule has 0 radical (unpaired) electrons. The molecule has 0 N–H and O–H groups in total. The Kier molecular flexibility index (Phi) is 4.94. The number of fused-ring (bicyclic) bond motifs is 1. The SMILES string of the molecule is C=C1CCCc2ocnc21.C=CC1=C(N=C)N(C)C=CC1=C. The molecule has 0 aromatic carbocycles. The van der Waals surface area contributed by atoms with Crippen molar-refractivity contribution in [3.05, 3.63) is 72.9 Å². The van der Waals surface area contributed by atoms with Gasteiger partial charge in [-0.1, -0.05) is 25.8 Å². The van der Waals surface area contributed by atoms with Gasteiger partial charge in [0.2, 0.25) is 0 Å². The summed E-state index contributed by atoms with van der Waals surface area (Å²) in [7, 11) is 1.91. The minimum atomic E-state index is 0.803. The van der Waals surface area contributed by atoms with Crippen molar-refractivity contribution in [3.63, 3.8) is 0 Å². The fourth-order valence-corrected chi connectivity index (χ4v) is 2.43. The van der Waals surface area contributed by atoms with Crippen molar-refractivity contribution in [2.75, 3.05) is 7.05 Å². The summed E-state index contributed by atoms with van der Waals surface area (Å²) in [5.74, 6) is 1.81. The third kappa shape index (κ3) is 3.17. The lowest BCUT2D eigenvalue weighted by atomic mass is 9.98. The van der Waals surface area contributed by atoms with E-state index in [-0.39, 0.29) is 0 Å². The summed E-state index contributed by atoms with van der Waals surface area (Å²) in [5.41, 5.74) is 3.97. The minimum absolute atomic E-state index is 0.803. The lowest BCUT2D eigenvalue weighted by molar-refractivity contribution is 0.493. The number of nitrogens with zero attached hydrogens (tertiary/aromatic N) is 3.